The van der Waals surface area contributed by atoms with E-state index in [1.165, 1.54) is 5.71 Å². The molecule has 7 heteroatoms. The van der Waals surface area contributed by atoms with E-state index in [4.69, 9.17) is 4.74 Å². The van der Waals surface area contributed by atoms with Crippen LogP contribution in [-0.2, 0) is 0 Å². The van der Waals surface area contributed by atoms with E-state index >= 15 is 0 Å². The molecule has 2 atom stereocenters. The molecular formula is C21H22N5O2+. The van der Waals surface area contributed by atoms with E-state index in [0.29, 0.717) is 17.6 Å². The minimum absolute atomic E-state index is 0.250. The first-order chi connectivity index (χ1) is 13.7. The highest BCUT2D eigenvalue weighted by Crippen LogP contribution is 2.37. The van der Waals surface area contributed by atoms with Crippen LogP contribution in [0.1, 0.15) is 12.8 Å². The van der Waals surface area contributed by atoms with Crippen LogP contribution in [0.4, 0.5) is 10.6 Å². The number of amides is 1. The van der Waals surface area contributed by atoms with Crippen LogP contribution in [0.15, 0.2) is 48.9 Å². The van der Waals surface area contributed by atoms with Crippen molar-refractivity contribution in [1.29, 1.82) is 0 Å². The summed E-state index contributed by atoms with van der Waals surface area (Å²) < 4.78 is 7.69. The fourth-order valence-corrected chi connectivity index (χ4v) is 4.44. The van der Waals surface area contributed by atoms with E-state index in [-0.39, 0.29) is 6.09 Å². The van der Waals surface area contributed by atoms with Gasteiger partial charge in [0.15, 0.2) is 0 Å². The van der Waals surface area contributed by atoms with E-state index in [1.54, 1.807) is 18.5 Å². The average Bonchev–Trinajstić information content (AvgIpc) is 3.42. The van der Waals surface area contributed by atoms with E-state index in [9.17, 15) is 4.79 Å². The Morgan fingerprint density at radius 2 is 1.89 bits per heavy atom. The van der Waals surface area contributed by atoms with E-state index in [1.807, 2.05) is 35.4 Å². The third kappa shape index (κ3) is 2.93. The Labute approximate surface area is 162 Å². The van der Waals surface area contributed by atoms with Gasteiger partial charge in [-0.3, -0.25) is 0 Å². The van der Waals surface area contributed by atoms with E-state index in [0.717, 1.165) is 42.8 Å². The van der Waals surface area contributed by atoms with Crippen molar-refractivity contribution in [2.24, 2.45) is 11.8 Å². The van der Waals surface area contributed by atoms with Gasteiger partial charge in [0, 0.05) is 32.1 Å². The number of rotatable bonds is 2. The van der Waals surface area contributed by atoms with Gasteiger partial charge in [0.1, 0.15) is 16.8 Å². The molecule has 2 aliphatic rings. The molecule has 1 saturated carbocycles. The molecule has 0 radical (unpaired) electrons. The molecule has 0 spiro atoms. The Kier molecular flexibility index (Phi) is 4.07. The van der Waals surface area contributed by atoms with Crippen LogP contribution < -0.4 is 4.74 Å². The molecule has 5 rings (SSSR count). The molecule has 3 heterocycles. The number of benzene rings is 1. The first kappa shape index (κ1) is 16.9. The first-order valence-corrected chi connectivity index (χ1v) is 9.57. The number of H-pyrrole nitrogens is 1. The van der Waals surface area contributed by atoms with Crippen molar-refractivity contribution in [2.75, 3.05) is 20.1 Å². The Morgan fingerprint density at radius 3 is 2.64 bits per heavy atom. The molecule has 2 fully saturated rings. The second-order valence-electron chi connectivity index (χ2n) is 7.58. The van der Waals surface area contributed by atoms with Crippen LogP contribution in [0.5, 0.6) is 5.75 Å². The zero-order valence-electron chi connectivity index (χ0n) is 15.7. The predicted molar refractivity (Wildman–Crippen MR) is 105 cm³/mol. The average molecular weight is 376 g/mol. The second kappa shape index (κ2) is 6.74. The summed E-state index contributed by atoms with van der Waals surface area (Å²) in [6.45, 7) is 1.49. The summed E-state index contributed by atoms with van der Waals surface area (Å²) >= 11 is 0. The Hall–Kier alpha value is -3.22. The number of ether oxygens (including phenoxy) is 1. The number of nitrogens with one attached hydrogen (secondary N) is 1. The predicted octanol–water partition coefficient (Wildman–Crippen LogP) is 3.21. The van der Waals surface area contributed by atoms with Gasteiger partial charge < -0.3 is 14.6 Å². The molecule has 2 aromatic heterocycles. The molecule has 1 aromatic carbocycles. The van der Waals surface area contributed by atoms with Gasteiger partial charge in [-0.2, -0.15) is 4.98 Å². The number of aromatic nitrogens is 3. The smallest absolute Gasteiger partial charge is 0.410 e. The quantitative estimate of drug-likeness (QED) is 0.697. The zero-order valence-corrected chi connectivity index (χ0v) is 15.7. The maximum atomic E-state index is 12.5. The van der Waals surface area contributed by atoms with Crippen molar-refractivity contribution < 1.29 is 14.1 Å². The van der Waals surface area contributed by atoms with Crippen molar-refractivity contribution in [1.82, 2.24) is 19.9 Å². The monoisotopic (exact) mass is 376 g/mol. The van der Waals surface area contributed by atoms with E-state index < -0.39 is 0 Å². The van der Waals surface area contributed by atoms with Crippen LogP contribution in [0.3, 0.4) is 0 Å². The summed E-state index contributed by atoms with van der Waals surface area (Å²) in [5.74, 6) is 2.48. The fourth-order valence-electron chi connectivity index (χ4n) is 4.44. The Morgan fingerprint density at radius 1 is 1.14 bits per heavy atom. The normalized spacial score (nSPS) is 21.2. The molecule has 1 N–H and O–H groups in total. The zero-order chi connectivity index (χ0) is 19.1. The molecular weight excluding hydrogens is 354 g/mol. The third-order valence-corrected chi connectivity index (χ3v) is 5.90. The fraction of sp³-hybridized carbons (Fsp3) is 0.333. The van der Waals surface area contributed by atoms with Crippen molar-refractivity contribution in [3.8, 4) is 5.75 Å². The van der Waals surface area contributed by atoms with Gasteiger partial charge in [0.05, 0.1) is 12.8 Å². The summed E-state index contributed by atoms with van der Waals surface area (Å²) in [7, 11) is 2.08. The van der Waals surface area contributed by atoms with Crippen LogP contribution in [0.2, 0.25) is 0 Å². The standard InChI is InChI=1S/C21H22N5O2/c1-25(20-18-7-8-22-19(18)23-13-24-20)16-9-14-11-26(12-15(14)10-16)21(27)28-17-5-3-2-4-6-17/h2-8,13-15H,9-12H2,1H3,(H,22,23,24)/q+1. The van der Waals surface area contributed by atoms with Crippen molar-refractivity contribution in [2.45, 2.75) is 12.8 Å². The summed E-state index contributed by atoms with van der Waals surface area (Å²) in [5, 5.41) is 1.03. The number of para-hydroxylation sites is 1. The van der Waals surface area contributed by atoms with Gasteiger partial charge in [-0.1, -0.05) is 18.2 Å². The lowest BCUT2D eigenvalue weighted by molar-refractivity contribution is -0.410. The molecule has 7 nitrogen and oxygen atoms in total. The SMILES string of the molecule is C[N+](=C1CC2CN(C(=O)Oc3ccccc3)CC2C1)c1ncnc2[nH]ccc12. The van der Waals surface area contributed by atoms with Crippen molar-refractivity contribution in [3.05, 3.63) is 48.9 Å². The number of hydrogen-bond donors (Lipinski definition) is 1. The number of carbonyl (C=O) groups is 1. The van der Waals surface area contributed by atoms with Gasteiger partial charge in [-0.15, -0.1) is 0 Å². The van der Waals surface area contributed by atoms with Crippen LogP contribution in [-0.4, -0.2) is 56.4 Å². The Balaban J connectivity index is 1.30. The van der Waals surface area contributed by atoms with Crippen molar-refractivity contribution in [3.63, 3.8) is 0 Å². The van der Waals surface area contributed by atoms with E-state index in [2.05, 4.69) is 26.6 Å². The molecule has 1 amide bonds. The molecule has 1 saturated heterocycles. The summed E-state index contributed by atoms with van der Waals surface area (Å²) in [6, 6.07) is 11.3. The highest BCUT2D eigenvalue weighted by Gasteiger charge is 2.43. The lowest BCUT2D eigenvalue weighted by Gasteiger charge is -2.17. The Bertz CT molecular complexity index is 1040. The number of likely N-dealkylation sites (tertiary alicyclic amines) is 1. The van der Waals surface area contributed by atoms with Crippen LogP contribution >= 0.6 is 0 Å². The molecule has 2 unspecified atom stereocenters. The lowest BCUT2D eigenvalue weighted by atomic mass is 10.0. The number of carbonyl (C=O) groups excluding carboxylic acids is 1. The molecule has 1 aliphatic carbocycles. The summed E-state index contributed by atoms with van der Waals surface area (Å²) in [4.78, 5) is 26.2. The number of hydrogen-bond acceptors (Lipinski definition) is 4. The highest BCUT2D eigenvalue weighted by molar-refractivity contribution is 5.88. The molecule has 28 heavy (non-hydrogen) atoms. The maximum Gasteiger partial charge on any atom is 0.415 e. The summed E-state index contributed by atoms with van der Waals surface area (Å²) in [5.41, 5.74) is 2.22. The maximum absolute atomic E-state index is 12.5. The second-order valence-corrected chi connectivity index (χ2v) is 7.58. The number of fused-ring (bicyclic) bond motifs is 2. The number of aromatic amines is 1. The molecule has 3 aromatic rings. The van der Waals surface area contributed by atoms with Gasteiger partial charge in [0.2, 0.25) is 6.33 Å². The highest BCUT2D eigenvalue weighted by atomic mass is 16.6. The van der Waals surface area contributed by atoms with Crippen LogP contribution in [0.25, 0.3) is 11.0 Å². The van der Waals surface area contributed by atoms with Gasteiger partial charge in [-0.05, 0) is 35.0 Å². The summed E-state index contributed by atoms with van der Waals surface area (Å²) in [6.07, 6.45) is 5.20. The number of nitrogens with zero attached hydrogens (tertiary/aromatic N) is 4. The third-order valence-electron chi connectivity index (χ3n) is 5.90. The molecule has 1 aliphatic heterocycles. The molecule has 142 valence electrons. The first-order valence-electron chi connectivity index (χ1n) is 9.57. The molecule has 0 bridgehead atoms. The topological polar surface area (TPSA) is 74.1 Å². The minimum Gasteiger partial charge on any atom is -0.410 e. The van der Waals surface area contributed by atoms with Crippen LogP contribution in [0, 0.1) is 11.8 Å². The van der Waals surface area contributed by atoms with Gasteiger partial charge >= 0.3 is 11.9 Å². The van der Waals surface area contributed by atoms with Crippen molar-refractivity contribution >= 4 is 28.7 Å². The minimum atomic E-state index is -0.250. The lowest BCUT2D eigenvalue weighted by Crippen LogP contribution is -2.32. The largest absolute Gasteiger partial charge is 0.415 e. The van der Waals surface area contributed by atoms with Gasteiger partial charge in [0.25, 0.3) is 0 Å². The van der Waals surface area contributed by atoms with Gasteiger partial charge in [-0.25, -0.2) is 9.37 Å².